The normalized spacial score (nSPS) is 14.5. The zero-order chi connectivity index (χ0) is 17.1. The summed E-state index contributed by atoms with van der Waals surface area (Å²) < 4.78 is 6.76. The molecule has 0 N–H and O–H groups in total. The molecule has 0 bridgehead atoms. The zero-order valence-corrected chi connectivity index (χ0v) is 14.0. The van der Waals surface area contributed by atoms with Crippen molar-refractivity contribution in [3.8, 4) is 11.6 Å². The molecule has 6 nitrogen and oxygen atoms in total. The van der Waals surface area contributed by atoms with Crippen LogP contribution >= 0.6 is 0 Å². The number of hydrogen-bond acceptors (Lipinski definition) is 4. The number of rotatable bonds is 3. The van der Waals surface area contributed by atoms with E-state index in [9.17, 15) is 9.59 Å². The second kappa shape index (κ2) is 6.86. The van der Waals surface area contributed by atoms with E-state index in [-0.39, 0.29) is 11.6 Å². The lowest BCUT2D eigenvalue weighted by Crippen LogP contribution is -2.39. The maximum Gasteiger partial charge on any atom is 0.278 e. The zero-order valence-electron chi connectivity index (χ0n) is 14.0. The Hall–Kier alpha value is -2.63. The Bertz CT molecular complexity index is 790. The van der Waals surface area contributed by atoms with Crippen LogP contribution in [0.4, 0.5) is 0 Å². The van der Waals surface area contributed by atoms with Gasteiger partial charge in [0.05, 0.1) is 18.9 Å². The summed E-state index contributed by atoms with van der Waals surface area (Å²) in [6.45, 7) is 3.35. The Morgan fingerprint density at radius 2 is 1.79 bits per heavy atom. The molecular formula is C18H21N3O3. The topological polar surface area (TPSA) is 64.4 Å². The van der Waals surface area contributed by atoms with E-state index in [0.29, 0.717) is 19.0 Å². The van der Waals surface area contributed by atoms with Crippen LogP contribution in [0, 0.1) is 6.92 Å². The highest BCUT2D eigenvalue weighted by Gasteiger charge is 2.23. The minimum Gasteiger partial charge on any atom is -0.481 e. The SMILES string of the molecule is COc1cc(=O)c(C(=O)N2CCCCC2)nn1-c1ccc(C)cc1. The minimum absolute atomic E-state index is 0.0572. The van der Waals surface area contributed by atoms with E-state index in [1.165, 1.54) is 17.9 Å². The van der Waals surface area contributed by atoms with Gasteiger partial charge in [0.15, 0.2) is 5.69 Å². The van der Waals surface area contributed by atoms with Crippen LogP contribution in [0.15, 0.2) is 35.1 Å². The number of ether oxygens (including phenoxy) is 1. The summed E-state index contributed by atoms with van der Waals surface area (Å²) in [6, 6.07) is 8.97. The van der Waals surface area contributed by atoms with Gasteiger partial charge in [-0.1, -0.05) is 17.7 Å². The third-order valence-corrected chi connectivity index (χ3v) is 4.23. The number of aromatic nitrogens is 2. The molecule has 0 radical (unpaired) electrons. The average Bonchev–Trinajstić information content (AvgIpc) is 2.62. The smallest absolute Gasteiger partial charge is 0.278 e. The maximum absolute atomic E-state index is 12.7. The maximum atomic E-state index is 12.7. The first-order chi connectivity index (χ1) is 11.6. The molecular weight excluding hydrogens is 306 g/mol. The van der Waals surface area contributed by atoms with Crippen molar-refractivity contribution < 1.29 is 9.53 Å². The molecule has 2 heterocycles. The molecule has 1 fully saturated rings. The summed E-state index contributed by atoms with van der Waals surface area (Å²) >= 11 is 0. The molecule has 24 heavy (non-hydrogen) atoms. The van der Waals surface area contributed by atoms with Gasteiger partial charge in [0, 0.05) is 13.1 Å². The Balaban J connectivity index is 2.04. The standard InChI is InChI=1S/C18H21N3O3/c1-13-6-8-14(9-7-13)21-16(24-2)12-15(22)17(19-21)18(23)20-10-4-3-5-11-20/h6-9,12H,3-5,10-11H2,1-2H3. The summed E-state index contributed by atoms with van der Waals surface area (Å²) in [7, 11) is 1.48. The van der Waals surface area contributed by atoms with Gasteiger partial charge in [-0.2, -0.15) is 5.10 Å². The van der Waals surface area contributed by atoms with Crippen molar-refractivity contribution in [2.45, 2.75) is 26.2 Å². The molecule has 1 aliphatic rings. The molecule has 0 aliphatic carbocycles. The number of methoxy groups -OCH3 is 1. The van der Waals surface area contributed by atoms with E-state index in [1.807, 2.05) is 31.2 Å². The molecule has 2 aromatic rings. The Kier molecular flexibility index (Phi) is 4.64. The van der Waals surface area contributed by atoms with E-state index in [4.69, 9.17) is 4.74 Å². The van der Waals surface area contributed by atoms with Gasteiger partial charge in [-0.25, -0.2) is 4.68 Å². The summed E-state index contributed by atoms with van der Waals surface area (Å²) in [6.07, 6.45) is 3.05. The second-order valence-electron chi connectivity index (χ2n) is 6.00. The minimum atomic E-state index is -0.411. The summed E-state index contributed by atoms with van der Waals surface area (Å²) in [5.41, 5.74) is 1.39. The predicted octanol–water partition coefficient (Wildman–Crippen LogP) is 2.18. The largest absolute Gasteiger partial charge is 0.481 e. The van der Waals surface area contributed by atoms with Gasteiger partial charge in [-0.05, 0) is 38.3 Å². The Morgan fingerprint density at radius 1 is 1.12 bits per heavy atom. The molecule has 0 unspecified atom stereocenters. The fourth-order valence-corrected chi connectivity index (χ4v) is 2.85. The van der Waals surface area contributed by atoms with E-state index in [2.05, 4.69) is 5.10 Å². The highest BCUT2D eigenvalue weighted by molar-refractivity contribution is 5.92. The Labute approximate surface area is 140 Å². The third-order valence-electron chi connectivity index (χ3n) is 4.23. The van der Waals surface area contributed by atoms with Gasteiger partial charge in [0.25, 0.3) is 5.91 Å². The second-order valence-corrected chi connectivity index (χ2v) is 6.00. The average molecular weight is 327 g/mol. The number of benzene rings is 1. The summed E-state index contributed by atoms with van der Waals surface area (Å²) in [4.78, 5) is 26.7. The van der Waals surface area contributed by atoms with Crippen molar-refractivity contribution in [2.24, 2.45) is 0 Å². The molecule has 6 heteroatoms. The lowest BCUT2D eigenvalue weighted by atomic mass is 10.1. The van der Waals surface area contributed by atoms with Crippen LogP contribution in [0.1, 0.15) is 35.3 Å². The highest BCUT2D eigenvalue weighted by atomic mass is 16.5. The van der Waals surface area contributed by atoms with Crippen molar-refractivity contribution in [1.82, 2.24) is 14.7 Å². The van der Waals surface area contributed by atoms with Crippen LogP contribution < -0.4 is 10.2 Å². The van der Waals surface area contributed by atoms with Crippen molar-refractivity contribution in [2.75, 3.05) is 20.2 Å². The van der Waals surface area contributed by atoms with Gasteiger partial charge in [0.2, 0.25) is 11.3 Å². The van der Waals surface area contributed by atoms with Crippen molar-refractivity contribution in [1.29, 1.82) is 0 Å². The molecule has 3 rings (SSSR count). The molecule has 1 aliphatic heterocycles. The number of aryl methyl sites for hydroxylation is 1. The number of carbonyl (C=O) groups excluding carboxylic acids is 1. The number of piperidine rings is 1. The van der Waals surface area contributed by atoms with Crippen molar-refractivity contribution >= 4 is 5.91 Å². The van der Waals surface area contributed by atoms with Gasteiger partial charge < -0.3 is 9.64 Å². The fraction of sp³-hybridized carbons (Fsp3) is 0.389. The van der Waals surface area contributed by atoms with Crippen LogP contribution in [0.2, 0.25) is 0 Å². The fourth-order valence-electron chi connectivity index (χ4n) is 2.85. The van der Waals surface area contributed by atoms with Crippen molar-refractivity contribution in [3.63, 3.8) is 0 Å². The quantitative estimate of drug-likeness (QED) is 0.867. The molecule has 1 aromatic heterocycles. The van der Waals surface area contributed by atoms with E-state index in [0.717, 1.165) is 30.5 Å². The van der Waals surface area contributed by atoms with Crippen LogP contribution in [0.25, 0.3) is 5.69 Å². The monoisotopic (exact) mass is 327 g/mol. The first kappa shape index (κ1) is 16.2. The van der Waals surface area contributed by atoms with Crippen molar-refractivity contribution in [3.05, 3.63) is 51.8 Å². The molecule has 1 saturated heterocycles. The first-order valence-corrected chi connectivity index (χ1v) is 8.15. The predicted molar refractivity (Wildman–Crippen MR) is 90.9 cm³/mol. The van der Waals surface area contributed by atoms with E-state index < -0.39 is 5.43 Å². The number of hydrogen-bond donors (Lipinski definition) is 0. The molecule has 126 valence electrons. The van der Waals surface area contributed by atoms with Gasteiger partial charge >= 0.3 is 0 Å². The highest BCUT2D eigenvalue weighted by Crippen LogP contribution is 2.17. The molecule has 1 amide bonds. The lowest BCUT2D eigenvalue weighted by Gasteiger charge is -2.26. The van der Waals surface area contributed by atoms with Crippen LogP contribution in [-0.4, -0.2) is 40.8 Å². The summed E-state index contributed by atoms with van der Waals surface area (Å²) in [5, 5.41) is 4.31. The molecule has 0 saturated carbocycles. The Morgan fingerprint density at radius 3 is 2.42 bits per heavy atom. The number of nitrogens with zero attached hydrogens (tertiary/aromatic N) is 3. The number of likely N-dealkylation sites (tertiary alicyclic amines) is 1. The van der Waals surface area contributed by atoms with Crippen LogP contribution in [-0.2, 0) is 0 Å². The molecule has 1 aromatic carbocycles. The van der Waals surface area contributed by atoms with Gasteiger partial charge in [0.1, 0.15) is 0 Å². The van der Waals surface area contributed by atoms with E-state index in [1.54, 1.807) is 4.90 Å². The molecule has 0 atom stereocenters. The third kappa shape index (κ3) is 3.18. The van der Waals surface area contributed by atoms with E-state index >= 15 is 0 Å². The number of amides is 1. The number of carbonyl (C=O) groups is 1. The first-order valence-electron chi connectivity index (χ1n) is 8.15. The summed E-state index contributed by atoms with van der Waals surface area (Å²) in [5.74, 6) is 0.00209. The van der Waals surface area contributed by atoms with Crippen LogP contribution in [0.5, 0.6) is 5.88 Å². The van der Waals surface area contributed by atoms with Gasteiger partial charge in [-0.3, -0.25) is 9.59 Å². The van der Waals surface area contributed by atoms with Crippen LogP contribution in [0.3, 0.4) is 0 Å². The van der Waals surface area contributed by atoms with Gasteiger partial charge in [-0.15, -0.1) is 0 Å². The lowest BCUT2D eigenvalue weighted by molar-refractivity contribution is 0.0714. The molecule has 0 spiro atoms.